The number of nitrogens with one attached hydrogen (secondary N) is 1. The fourth-order valence-corrected chi connectivity index (χ4v) is 2.89. The van der Waals surface area contributed by atoms with Gasteiger partial charge in [0, 0.05) is 10.5 Å². The van der Waals surface area contributed by atoms with Crippen LogP contribution in [0.2, 0.25) is 0 Å². The average Bonchev–Trinajstić information content (AvgIpc) is 2.74. The van der Waals surface area contributed by atoms with Gasteiger partial charge in [-0.25, -0.2) is 0 Å². The van der Waals surface area contributed by atoms with E-state index in [2.05, 4.69) is 15.9 Å². The normalized spacial score (nSPS) is 13.8. The van der Waals surface area contributed by atoms with Gasteiger partial charge in [0.05, 0.1) is 22.4 Å². The van der Waals surface area contributed by atoms with Gasteiger partial charge >= 0.3 is 6.18 Å². The Bertz CT molecular complexity index is 966. The lowest BCUT2D eigenvalue weighted by Crippen LogP contribution is -2.24. The molecular weight excluding hydrogens is 395 g/mol. The average molecular weight is 402 g/mol. The molecule has 0 unspecified atom stereocenters. The molecule has 3 N–H and O–H groups in total. The van der Waals surface area contributed by atoms with Gasteiger partial charge in [0.1, 0.15) is 5.82 Å². The van der Waals surface area contributed by atoms with Crippen LogP contribution in [0.5, 0.6) is 0 Å². The summed E-state index contributed by atoms with van der Waals surface area (Å²) in [5.74, 6) is -2.00. The van der Waals surface area contributed by atoms with Crippen LogP contribution in [0.25, 0.3) is 5.69 Å². The van der Waals surface area contributed by atoms with Crippen molar-refractivity contribution in [1.82, 2.24) is 9.88 Å². The second-order valence-electron chi connectivity index (χ2n) is 4.94. The van der Waals surface area contributed by atoms with Crippen molar-refractivity contribution < 1.29 is 22.8 Å². The minimum absolute atomic E-state index is 0.178. The predicted molar refractivity (Wildman–Crippen MR) is 81.0 cm³/mol. The summed E-state index contributed by atoms with van der Waals surface area (Å²) in [6, 6.07) is 3.94. The monoisotopic (exact) mass is 401 g/mol. The second kappa shape index (κ2) is 5.20. The van der Waals surface area contributed by atoms with Gasteiger partial charge < -0.3 is 5.73 Å². The maximum atomic E-state index is 13.0. The number of halogens is 4. The molecule has 6 nitrogen and oxygen atoms in total. The number of nitrogens with zero attached hydrogens (tertiary/aromatic N) is 1. The van der Waals surface area contributed by atoms with Gasteiger partial charge in [-0.2, -0.15) is 13.2 Å². The molecule has 0 saturated carbocycles. The first-order valence-electron chi connectivity index (χ1n) is 6.39. The summed E-state index contributed by atoms with van der Waals surface area (Å²) in [5, 5.41) is 1.98. The van der Waals surface area contributed by atoms with E-state index >= 15 is 0 Å². The van der Waals surface area contributed by atoms with E-state index in [1.807, 2.05) is 5.32 Å². The second-order valence-corrected chi connectivity index (χ2v) is 5.79. The Morgan fingerprint density at radius 2 is 1.75 bits per heavy atom. The van der Waals surface area contributed by atoms with E-state index in [1.54, 1.807) is 0 Å². The minimum atomic E-state index is -4.66. The third-order valence-electron chi connectivity index (χ3n) is 3.47. The van der Waals surface area contributed by atoms with Gasteiger partial charge in [-0.15, -0.1) is 0 Å². The van der Waals surface area contributed by atoms with Crippen LogP contribution in [0.15, 0.2) is 33.5 Å². The zero-order valence-electron chi connectivity index (χ0n) is 11.6. The van der Waals surface area contributed by atoms with Gasteiger partial charge in [0.15, 0.2) is 0 Å². The van der Waals surface area contributed by atoms with Crippen LogP contribution < -0.4 is 16.6 Å². The van der Waals surface area contributed by atoms with E-state index in [-0.39, 0.29) is 21.3 Å². The van der Waals surface area contributed by atoms with Crippen LogP contribution in [-0.4, -0.2) is 16.4 Å². The fraction of sp³-hybridized carbons (Fsp3) is 0.0714. The standard InChI is InChI=1S/C14H7BrF3N3O3/c15-8-2-1-5(3-7(8)14(16,17)18)21-9(22)4-6-10(11(21)19)13(24)20-12(6)23/h1-4H,19H2,(H,20,23,24). The van der Waals surface area contributed by atoms with Gasteiger partial charge in [-0.3, -0.25) is 24.3 Å². The maximum absolute atomic E-state index is 13.0. The van der Waals surface area contributed by atoms with Crippen molar-refractivity contribution in [3.63, 3.8) is 0 Å². The van der Waals surface area contributed by atoms with Crippen molar-refractivity contribution in [2.75, 3.05) is 5.73 Å². The molecule has 1 aliphatic heterocycles. The lowest BCUT2D eigenvalue weighted by atomic mass is 10.1. The molecule has 1 aliphatic rings. The molecule has 0 radical (unpaired) electrons. The van der Waals surface area contributed by atoms with Crippen LogP contribution in [0, 0.1) is 0 Å². The van der Waals surface area contributed by atoms with Crippen molar-refractivity contribution in [3.05, 3.63) is 55.8 Å². The summed E-state index contributed by atoms with van der Waals surface area (Å²) in [4.78, 5) is 35.5. The van der Waals surface area contributed by atoms with Gasteiger partial charge in [-0.1, -0.05) is 15.9 Å². The molecule has 1 aromatic carbocycles. The highest BCUT2D eigenvalue weighted by atomic mass is 79.9. The van der Waals surface area contributed by atoms with Crippen molar-refractivity contribution >= 4 is 33.6 Å². The van der Waals surface area contributed by atoms with Crippen LogP contribution in [0.3, 0.4) is 0 Å². The predicted octanol–water partition coefficient (Wildman–Crippen LogP) is 2.08. The van der Waals surface area contributed by atoms with Crippen LogP contribution >= 0.6 is 15.9 Å². The molecule has 0 atom stereocenters. The molecule has 124 valence electrons. The number of nitrogen functional groups attached to an aromatic ring is 1. The number of nitrogens with two attached hydrogens (primary N) is 1. The summed E-state index contributed by atoms with van der Waals surface area (Å²) in [6.07, 6.45) is -4.66. The molecule has 3 rings (SSSR count). The molecular formula is C14H7BrF3N3O3. The highest BCUT2D eigenvalue weighted by molar-refractivity contribution is 9.10. The highest BCUT2D eigenvalue weighted by Crippen LogP contribution is 2.36. The van der Waals surface area contributed by atoms with Crippen molar-refractivity contribution in [2.45, 2.75) is 6.18 Å². The molecule has 10 heteroatoms. The molecule has 0 aliphatic carbocycles. The molecule has 0 fully saturated rings. The smallest absolute Gasteiger partial charge is 0.384 e. The zero-order valence-corrected chi connectivity index (χ0v) is 13.2. The van der Waals surface area contributed by atoms with Crippen molar-refractivity contribution in [2.24, 2.45) is 0 Å². The van der Waals surface area contributed by atoms with E-state index in [4.69, 9.17) is 5.73 Å². The lowest BCUT2D eigenvalue weighted by Gasteiger charge is -2.15. The number of pyridine rings is 1. The Hall–Kier alpha value is -2.62. The highest BCUT2D eigenvalue weighted by Gasteiger charge is 2.35. The number of alkyl halides is 3. The van der Waals surface area contributed by atoms with Gasteiger partial charge in [0.2, 0.25) is 0 Å². The summed E-state index contributed by atoms with van der Waals surface area (Å²) in [6.45, 7) is 0. The van der Waals surface area contributed by atoms with Crippen LogP contribution in [0.1, 0.15) is 26.3 Å². The Morgan fingerprint density at radius 3 is 2.38 bits per heavy atom. The first-order chi connectivity index (χ1) is 11.1. The third-order valence-corrected chi connectivity index (χ3v) is 4.16. The number of aromatic nitrogens is 1. The maximum Gasteiger partial charge on any atom is 0.417 e. The number of carbonyl (C=O) groups excluding carboxylic acids is 2. The number of hydrogen-bond acceptors (Lipinski definition) is 4. The van der Waals surface area contributed by atoms with Crippen LogP contribution in [-0.2, 0) is 6.18 Å². The topological polar surface area (TPSA) is 94.2 Å². The number of rotatable bonds is 1. The summed E-state index contributed by atoms with van der Waals surface area (Å²) in [5.41, 5.74) is 3.32. The van der Waals surface area contributed by atoms with Gasteiger partial charge in [-0.05, 0) is 18.2 Å². The quantitative estimate of drug-likeness (QED) is 0.715. The van der Waals surface area contributed by atoms with E-state index in [0.29, 0.717) is 0 Å². The van der Waals surface area contributed by atoms with E-state index in [1.165, 1.54) is 6.07 Å². The first-order valence-corrected chi connectivity index (χ1v) is 7.19. The fourth-order valence-electron chi connectivity index (χ4n) is 2.42. The third kappa shape index (κ3) is 2.39. The van der Waals surface area contributed by atoms with Crippen molar-refractivity contribution in [1.29, 1.82) is 0 Å². The number of anilines is 1. The first kappa shape index (κ1) is 16.2. The molecule has 2 aromatic rings. The zero-order chi connectivity index (χ0) is 17.8. The Morgan fingerprint density at radius 1 is 1.08 bits per heavy atom. The molecule has 1 aromatic heterocycles. The summed E-state index contributed by atoms with van der Waals surface area (Å²) >= 11 is 2.80. The number of benzene rings is 1. The number of fused-ring (bicyclic) bond motifs is 1. The largest absolute Gasteiger partial charge is 0.417 e. The molecule has 24 heavy (non-hydrogen) atoms. The Balaban J connectivity index is 2.30. The molecule has 0 spiro atoms. The minimum Gasteiger partial charge on any atom is -0.384 e. The Kier molecular flexibility index (Phi) is 3.52. The Labute approximate surface area is 140 Å². The van der Waals surface area contributed by atoms with E-state index in [9.17, 15) is 27.6 Å². The molecule has 0 bridgehead atoms. The lowest BCUT2D eigenvalue weighted by molar-refractivity contribution is -0.138. The molecule has 2 amide bonds. The molecule has 0 saturated heterocycles. The SMILES string of the molecule is Nc1c2c(cc(=O)n1-c1ccc(Br)c(C(F)(F)F)c1)C(=O)NC2=O. The number of hydrogen-bond donors (Lipinski definition) is 2. The molecule has 2 heterocycles. The van der Waals surface area contributed by atoms with Crippen molar-refractivity contribution in [3.8, 4) is 5.69 Å². The number of imide groups is 1. The number of carbonyl (C=O) groups is 2. The van der Waals surface area contributed by atoms with E-state index < -0.39 is 34.9 Å². The summed E-state index contributed by atoms with van der Waals surface area (Å²) < 4.78 is 39.6. The summed E-state index contributed by atoms with van der Waals surface area (Å²) in [7, 11) is 0. The van der Waals surface area contributed by atoms with Gasteiger partial charge in [0.25, 0.3) is 17.4 Å². The van der Waals surface area contributed by atoms with Crippen LogP contribution in [0.4, 0.5) is 19.0 Å². The number of amides is 2. The van der Waals surface area contributed by atoms with E-state index in [0.717, 1.165) is 22.8 Å².